The number of anilines is 1. The lowest BCUT2D eigenvalue weighted by molar-refractivity contribution is 0.513. The van der Waals surface area contributed by atoms with Gasteiger partial charge in [0.1, 0.15) is 0 Å². The van der Waals surface area contributed by atoms with Crippen LogP contribution in [0.4, 0.5) is 5.69 Å². The lowest BCUT2D eigenvalue weighted by Gasteiger charge is -2.36. The van der Waals surface area contributed by atoms with Crippen molar-refractivity contribution in [3.05, 3.63) is 53.1 Å². The highest BCUT2D eigenvalue weighted by Gasteiger charge is 2.31. The van der Waals surface area contributed by atoms with Crippen molar-refractivity contribution in [2.24, 2.45) is 0 Å². The quantitative estimate of drug-likeness (QED) is 0.678. The van der Waals surface area contributed by atoms with Gasteiger partial charge in [-0.3, -0.25) is 0 Å². The van der Waals surface area contributed by atoms with Crippen molar-refractivity contribution in [1.29, 1.82) is 0 Å². The first-order valence-corrected chi connectivity index (χ1v) is 12.6. The van der Waals surface area contributed by atoms with E-state index in [1.54, 1.807) is 27.3 Å². The fourth-order valence-corrected chi connectivity index (χ4v) is 8.97. The third kappa shape index (κ3) is 3.44. The van der Waals surface area contributed by atoms with E-state index in [0.29, 0.717) is 0 Å². The Kier molecular flexibility index (Phi) is 5.23. The molecule has 0 spiro atoms. The summed E-state index contributed by atoms with van der Waals surface area (Å²) in [5.41, 5.74) is 7.33. The number of hydrogen-bond acceptors (Lipinski definition) is 1. The van der Waals surface area contributed by atoms with Gasteiger partial charge in [-0.2, -0.15) is 0 Å². The van der Waals surface area contributed by atoms with Crippen LogP contribution in [-0.4, -0.2) is 12.2 Å². The first kappa shape index (κ1) is 17.7. The number of aryl methyl sites for hydroxylation is 2. The number of para-hydroxylation sites is 1. The summed E-state index contributed by atoms with van der Waals surface area (Å²) >= 11 is 0. The summed E-state index contributed by atoms with van der Waals surface area (Å²) in [6.45, 7) is 1.14. The van der Waals surface area contributed by atoms with Crippen molar-refractivity contribution in [2.75, 3.05) is 11.9 Å². The van der Waals surface area contributed by atoms with E-state index in [9.17, 15) is 0 Å². The highest BCUT2D eigenvalue weighted by molar-refractivity contribution is 7.74. The average Bonchev–Trinajstić information content (AvgIpc) is 2.75. The Hall–Kier alpha value is -1.33. The first-order valence-electron chi connectivity index (χ1n) is 11.2. The minimum Gasteiger partial charge on any atom is -0.384 e. The molecule has 0 bridgehead atoms. The van der Waals surface area contributed by atoms with Crippen molar-refractivity contribution in [1.82, 2.24) is 0 Å². The van der Waals surface area contributed by atoms with Gasteiger partial charge < -0.3 is 5.32 Å². The van der Waals surface area contributed by atoms with Crippen LogP contribution in [0.3, 0.4) is 0 Å². The van der Waals surface area contributed by atoms with Crippen LogP contribution in [0.1, 0.15) is 68.1 Å². The maximum absolute atomic E-state index is 3.82. The third-order valence-corrected chi connectivity index (χ3v) is 9.96. The van der Waals surface area contributed by atoms with Crippen molar-refractivity contribution < 1.29 is 0 Å². The highest BCUT2D eigenvalue weighted by Crippen LogP contribution is 2.50. The number of nitrogens with one attached hydrogen (secondary N) is 1. The number of rotatable bonds is 3. The van der Waals surface area contributed by atoms with E-state index in [2.05, 4.69) is 41.7 Å². The SMILES string of the molecule is c1cc2c(c(P(c3cccc4c3NCCC4)C3CCCCC3)c1)CCCC2. The van der Waals surface area contributed by atoms with Crippen LogP contribution in [0, 0.1) is 0 Å². The molecular formula is C25H32NP. The van der Waals surface area contributed by atoms with Crippen molar-refractivity contribution in [3.8, 4) is 0 Å². The minimum absolute atomic E-state index is 0.261. The summed E-state index contributed by atoms with van der Waals surface area (Å²) in [6.07, 6.45) is 15.0. The van der Waals surface area contributed by atoms with Crippen molar-refractivity contribution in [3.63, 3.8) is 0 Å². The van der Waals surface area contributed by atoms with Crippen LogP contribution in [0.15, 0.2) is 36.4 Å². The minimum atomic E-state index is -0.261. The molecule has 1 heterocycles. The Labute approximate surface area is 165 Å². The lowest BCUT2D eigenvalue weighted by atomic mass is 9.92. The average molecular weight is 378 g/mol. The van der Waals surface area contributed by atoms with Gasteiger partial charge >= 0.3 is 0 Å². The zero-order valence-electron chi connectivity index (χ0n) is 16.5. The molecule has 5 rings (SSSR count). The molecule has 1 nitrogen and oxygen atoms in total. The molecule has 1 atom stereocenters. The van der Waals surface area contributed by atoms with E-state index < -0.39 is 0 Å². The fraction of sp³-hybridized carbons (Fsp3) is 0.520. The lowest BCUT2D eigenvalue weighted by Crippen LogP contribution is -2.30. The molecule has 142 valence electrons. The Bertz CT molecular complexity index is 746. The number of benzene rings is 2. The van der Waals surface area contributed by atoms with Gasteiger partial charge in [0.2, 0.25) is 0 Å². The van der Waals surface area contributed by atoms with E-state index >= 15 is 0 Å². The molecule has 3 aliphatic rings. The van der Waals surface area contributed by atoms with Crippen LogP contribution < -0.4 is 15.9 Å². The van der Waals surface area contributed by atoms with E-state index in [0.717, 1.165) is 12.2 Å². The molecule has 27 heavy (non-hydrogen) atoms. The molecule has 0 radical (unpaired) electrons. The zero-order valence-corrected chi connectivity index (χ0v) is 17.4. The molecule has 2 aliphatic carbocycles. The predicted molar refractivity (Wildman–Crippen MR) is 119 cm³/mol. The molecule has 2 heteroatoms. The molecule has 2 aromatic carbocycles. The van der Waals surface area contributed by atoms with Gasteiger partial charge in [0, 0.05) is 17.5 Å². The fourth-order valence-electron chi connectivity index (χ4n) is 5.54. The molecule has 1 N–H and O–H groups in total. The summed E-state index contributed by atoms with van der Waals surface area (Å²) in [7, 11) is -0.261. The molecule has 1 aliphatic heterocycles. The van der Waals surface area contributed by atoms with Crippen molar-refractivity contribution >= 4 is 24.2 Å². The summed E-state index contributed by atoms with van der Waals surface area (Å²) in [5.74, 6) is 0. The summed E-state index contributed by atoms with van der Waals surface area (Å²) in [5, 5.41) is 7.21. The topological polar surface area (TPSA) is 12.0 Å². The van der Waals surface area contributed by atoms with Crippen LogP contribution in [-0.2, 0) is 19.3 Å². The molecular weight excluding hydrogens is 345 g/mol. The van der Waals surface area contributed by atoms with Crippen LogP contribution in [0.5, 0.6) is 0 Å². The largest absolute Gasteiger partial charge is 0.384 e. The number of fused-ring (bicyclic) bond motifs is 2. The molecule has 2 aromatic rings. The second-order valence-corrected chi connectivity index (χ2v) is 11.1. The van der Waals surface area contributed by atoms with Crippen LogP contribution >= 0.6 is 7.92 Å². The second-order valence-electron chi connectivity index (χ2n) is 8.63. The molecule has 0 amide bonds. The van der Waals surface area contributed by atoms with E-state index in [1.165, 1.54) is 76.3 Å². The van der Waals surface area contributed by atoms with E-state index in [4.69, 9.17) is 0 Å². The zero-order chi connectivity index (χ0) is 18.1. The maximum Gasteiger partial charge on any atom is 0.0454 e. The molecule has 1 saturated carbocycles. The summed E-state index contributed by atoms with van der Waals surface area (Å²) in [6, 6.07) is 14.5. The molecule has 1 unspecified atom stereocenters. The Morgan fingerprint density at radius 1 is 0.704 bits per heavy atom. The predicted octanol–water partition coefficient (Wildman–Crippen LogP) is 5.69. The smallest absolute Gasteiger partial charge is 0.0454 e. The van der Waals surface area contributed by atoms with E-state index in [-0.39, 0.29) is 7.92 Å². The van der Waals surface area contributed by atoms with Gasteiger partial charge in [0.25, 0.3) is 0 Å². The standard InChI is InChI=1S/C25H32NP/c1-2-13-21(14-3-1)27(23-16-6-10-19-9-4-5-15-22(19)23)24-17-7-11-20-12-8-18-26-25(20)24/h6-7,10-11,16-17,21,26H,1-5,8-9,12-15,18H2. The molecule has 0 saturated heterocycles. The van der Waals surface area contributed by atoms with E-state index in [1.807, 2.05) is 0 Å². The van der Waals surface area contributed by atoms with Crippen LogP contribution in [0.2, 0.25) is 0 Å². The normalized spacial score (nSPS) is 21.0. The number of hydrogen-bond donors (Lipinski definition) is 1. The summed E-state index contributed by atoms with van der Waals surface area (Å²) < 4.78 is 0. The van der Waals surface area contributed by atoms with Gasteiger partial charge in [-0.1, -0.05) is 55.7 Å². The molecule has 0 aromatic heterocycles. The maximum atomic E-state index is 3.82. The highest BCUT2D eigenvalue weighted by atomic mass is 31.1. The first-order chi connectivity index (χ1) is 13.4. The van der Waals surface area contributed by atoms with Gasteiger partial charge in [0.15, 0.2) is 0 Å². The van der Waals surface area contributed by atoms with Gasteiger partial charge in [-0.15, -0.1) is 0 Å². The monoisotopic (exact) mass is 377 g/mol. The van der Waals surface area contributed by atoms with Crippen molar-refractivity contribution in [2.45, 2.75) is 76.3 Å². The third-order valence-electron chi connectivity index (χ3n) is 6.88. The Balaban J connectivity index is 1.65. The van der Waals surface area contributed by atoms with Crippen LogP contribution in [0.25, 0.3) is 0 Å². The van der Waals surface area contributed by atoms with Gasteiger partial charge in [-0.25, -0.2) is 0 Å². The Morgan fingerprint density at radius 3 is 2.33 bits per heavy atom. The molecule has 1 fully saturated rings. The second kappa shape index (κ2) is 7.96. The Morgan fingerprint density at radius 2 is 1.44 bits per heavy atom. The van der Waals surface area contributed by atoms with Gasteiger partial charge in [-0.05, 0) is 86.9 Å². The van der Waals surface area contributed by atoms with Gasteiger partial charge in [0.05, 0.1) is 0 Å². The summed E-state index contributed by atoms with van der Waals surface area (Å²) in [4.78, 5) is 0.